The first-order chi connectivity index (χ1) is 14.5. The zero-order valence-corrected chi connectivity index (χ0v) is 16.3. The quantitative estimate of drug-likeness (QED) is 0.358. The van der Waals surface area contributed by atoms with E-state index in [9.17, 15) is 19.7 Å². The molecule has 0 aliphatic heterocycles. The lowest BCUT2D eigenvalue weighted by Gasteiger charge is -2.16. The lowest BCUT2D eigenvalue weighted by Crippen LogP contribution is -2.30. The van der Waals surface area contributed by atoms with Crippen LogP contribution in [-0.4, -0.2) is 22.9 Å². The van der Waals surface area contributed by atoms with Gasteiger partial charge < -0.3 is 10.1 Å². The average molecular weight is 404 g/mol. The van der Waals surface area contributed by atoms with Crippen molar-refractivity contribution in [2.45, 2.75) is 19.4 Å². The number of nitrogens with one attached hydrogen (secondary N) is 1. The van der Waals surface area contributed by atoms with Crippen molar-refractivity contribution in [2.24, 2.45) is 0 Å². The predicted octanol–water partition coefficient (Wildman–Crippen LogP) is 4.37. The van der Waals surface area contributed by atoms with Gasteiger partial charge in [-0.3, -0.25) is 19.7 Å². The smallest absolute Gasteiger partial charge is 0.311 e. The molecule has 7 nitrogen and oxygen atoms in total. The van der Waals surface area contributed by atoms with Crippen molar-refractivity contribution in [1.29, 1.82) is 0 Å². The summed E-state index contributed by atoms with van der Waals surface area (Å²) in [6, 6.07) is 22.8. The average Bonchev–Trinajstić information content (AvgIpc) is 2.75. The monoisotopic (exact) mass is 404 g/mol. The largest absolute Gasteiger partial charge is 0.452 e. The van der Waals surface area contributed by atoms with Gasteiger partial charge in [-0.2, -0.15) is 0 Å². The predicted molar refractivity (Wildman–Crippen MR) is 113 cm³/mol. The van der Waals surface area contributed by atoms with Gasteiger partial charge in [-0.15, -0.1) is 0 Å². The number of hydrogen-bond donors (Lipinski definition) is 1. The number of para-hydroxylation sites is 2. The fourth-order valence-electron chi connectivity index (χ4n) is 2.98. The van der Waals surface area contributed by atoms with Gasteiger partial charge in [0.2, 0.25) is 0 Å². The van der Waals surface area contributed by atoms with Gasteiger partial charge >= 0.3 is 5.97 Å². The number of amides is 1. The number of hydrogen-bond acceptors (Lipinski definition) is 5. The third-order valence-corrected chi connectivity index (χ3v) is 4.47. The Morgan fingerprint density at radius 3 is 2.33 bits per heavy atom. The number of benzene rings is 3. The Kier molecular flexibility index (Phi) is 6.54. The normalized spacial score (nSPS) is 11.4. The Morgan fingerprint density at radius 2 is 1.60 bits per heavy atom. The second kappa shape index (κ2) is 9.47. The van der Waals surface area contributed by atoms with Crippen LogP contribution < -0.4 is 5.32 Å². The maximum atomic E-state index is 12.6. The van der Waals surface area contributed by atoms with Crippen LogP contribution in [0.5, 0.6) is 0 Å². The summed E-state index contributed by atoms with van der Waals surface area (Å²) in [5.74, 6) is -1.21. The zero-order chi connectivity index (χ0) is 21.5. The van der Waals surface area contributed by atoms with Crippen molar-refractivity contribution in [1.82, 2.24) is 0 Å². The first-order valence-corrected chi connectivity index (χ1v) is 9.33. The number of esters is 1. The number of nitro groups is 1. The molecule has 0 spiro atoms. The summed E-state index contributed by atoms with van der Waals surface area (Å²) < 4.78 is 5.20. The van der Waals surface area contributed by atoms with Gasteiger partial charge in [0.15, 0.2) is 6.10 Å². The summed E-state index contributed by atoms with van der Waals surface area (Å²) in [5, 5.41) is 13.9. The number of ether oxygens (including phenoxy) is 1. The molecule has 30 heavy (non-hydrogen) atoms. The highest BCUT2D eigenvalue weighted by Crippen LogP contribution is 2.27. The summed E-state index contributed by atoms with van der Waals surface area (Å²) >= 11 is 0. The number of anilines is 1. The van der Waals surface area contributed by atoms with Gasteiger partial charge in [-0.1, -0.05) is 66.7 Å². The minimum absolute atomic E-state index is 0.164. The molecule has 0 unspecified atom stereocenters. The molecule has 0 saturated carbocycles. The Labute approximate surface area is 173 Å². The maximum Gasteiger partial charge on any atom is 0.311 e. The molecule has 1 N–H and O–H groups in total. The molecule has 7 heteroatoms. The number of nitro benzene ring substituents is 1. The van der Waals surface area contributed by atoms with Crippen molar-refractivity contribution < 1.29 is 19.2 Å². The highest BCUT2D eigenvalue weighted by atomic mass is 16.6. The summed E-state index contributed by atoms with van der Waals surface area (Å²) in [5.41, 5.74) is 2.44. The Balaban J connectivity index is 1.66. The molecule has 0 radical (unpaired) electrons. The molecular formula is C23H20N2O5. The van der Waals surface area contributed by atoms with Gasteiger partial charge in [0.25, 0.3) is 11.6 Å². The van der Waals surface area contributed by atoms with E-state index in [4.69, 9.17) is 4.74 Å². The molecule has 0 fully saturated rings. The minimum atomic E-state index is -1.07. The highest BCUT2D eigenvalue weighted by Gasteiger charge is 2.22. The Bertz CT molecular complexity index is 1070. The second-order valence-corrected chi connectivity index (χ2v) is 6.60. The number of carbonyl (C=O) groups is 2. The molecule has 1 atom stereocenters. The van der Waals surface area contributed by atoms with Crippen LogP contribution in [0.3, 0.4) is 0 Å². The molecule has 3 rings (SSSR count). The van der Waals surface area contributed by atoms with Crippen LogP contribution in [0.1, 0.15) is 12.5 Å². The molecule has 0 bridgehead atoms. The van der Waals surface area contributed by atoms with E-state index in [0.29, 0.717) is 5.69 Å². The van der Waals surface area contributed by atoms with E-state index in [1.165, 1.54) is 25.1 Å². The van der Waals surface area contributed by atoms with Gasteiger partial charge in [0.05, 0.1) is 11.3 Å². The van der Waals surface area contributed by atoms with Crippen molar-refractivity contribution >= 4 is 23.3 Å². The van der Waals surface area contributed by atoms with E-state index >= 15 is 0 Å². The second-order valence-electron chi connectivity index (χ2n) is 6.60. The summed E-state index contributed by atoms with van der Waals surface area (Å²) in [6.45, 7) is 1.46. The molecule has 152 valence electrons. The lowest BCUT2D eigenvalue weighted by molar-refractivity contribution is -0.385. The fraction of sp³-hybridized carbons (Fsp3) is 0.130. The third kappa shape index (κ3) is 5.08. The third-order valence-electron chi connectivity index (χ3n) is 4.47. The Hall–Kier alpha value is -4.00. The van der Waals surface area contributed by atoms with Crippen molar-refractivity contribution in [3.63, 3.8) is 0 Å². The van der Waals surface area contributed by atoms with E-state index in [1.54, 1.807) is 18.2 Å². The molecular weight excluding hydrogens is 384 g/mol. The number of nitrogens with zero attached hydrogens (tertiary/aromatic N) is 1. The summed E-state index contributed by atoms with van der Waals surface area (Å²) in [7, 11) is 0. The molecule has 0 saturated heterocycles. The van der Waals surface area contributed by atoms with Gasteiger partial charge in [0, 0.05) is 22.9 Å². The molecule has 3 aromatic rings. The molecule has 0 aliphatic carbocycles. The summed E-state index contributed by atoms with van der Waals surface area (Å²) in [6.07, 6.45) is -1.36. The highest BCUT2D eigenvalue weighted by molar-refractivity contribution is 5.98. The molecule has 0 heterocycles. The molecule has 3 aromatic carbocycles. The number of carbonyl (C=O) groups excluding carboxylic acids is 2. The van der Waals surface area contributed by atoms with E-state index in [1.807, 2.05) is 42.5 Å². The van der Waals surface area contributed by atoms with Crippen molar-refractivity contribution in [2.75, 3.05) is 5.32 Å². The number of rotatable bonds is 7. The van der Waals surface area contributed by atoms with Crippen LogP contribution in [0.25, 0.3) is 11.1 Å². The summed E-state index contributed by atoms with van der Waals surface area (Å²) in [4.78, 5) is 35.3. The topological polar surface area (TPSA) is 98.5 Å². The van der Waals surface area contributed by atoms with Gasteiger partial charge in [-0.25, -0.2) is 0 Å². The first kappa shape index (κ1) is 20.7. The van der Waals surface area contributed by atoms with E-state index in [0.717, 1.165) is 11.1 Å². The zero-order valence-electron chi connectivity index (χ0n) is 16.3. The van der Waals surface area contributed by atoms with Crippen LogP contribution in [0.15, 0.2) is 78.9 Å². The standard InChI is InChI=1S/C23H20N2O5/c1-16(30-22(26)15-18-11-5-8-14-21(18)25(28)29)23(27)24-20-13-7-6-12-19(20)17-9-3-2-4-10-17/h2-14,16H,15H2,1H3,(H,24,27)/t16-/m1/s1. The van der Waals surface area contributed by atoms with Crippen LogP contribution in [0.2, 0.25) is 0 Å². The molecule has 0 aliphatic rings. The van der Waals surface area contributed by atoms with Crippen molar-refractivity contribution in [3.8, 4) is 11.1 Å². The van der Waals surface area contributed by atoms with Crippen molar-refractivity contribution in [3.05, 3.63) is 94.5 Å². The van der Waals surface area contributed by atoms with E-state index < -0.39 is 22.9 Å². The molecule has 0 aromatic heterocycles. The minimum Gasteiger partial charge on any atom is -0.452 e. The van der Waals surface area contributed by atoms with E-state index in [2.05, 4.69) is 5.32 Å². The van der Waals surface area contributed by atoms with E-state index in [-0.39, 0.29) is 17.7 Å². The van der Waals surface area contributed by atoms with Crippen LogP contribution in [0, 0.1) is 10.1 Å². The SMILES string of the molecule is C[C@@H](OC(=O)Cc1ccccc1[N+](=O)[O-])C(=O)Nc1ccccc1-c1ccccc1. The van der Waals surface area contributed by atoms with Crippen LogP contribution >= 0.6 is 0 Å². The van der Waals surface area contributed by atoms with Crippen LogP contribution in [-0.2, 0) is 20.7 Å². The van der Waals surface area contributed by atoms with Crippen LogP contribution in [0.4, 0.5) is 11.4 Å². The lowest BCUT2D eigenvalue weighted by atomic mass is 10.0. The molecule has 1 amide bonds. The van der Waals surface area contributed by atoms with Gasteiger partial charge in [-0.05, 0) is 18.6 Å². The maximum absolute atomic E-state index is 12.6. The Morgan fingerprint density at radius 1 is 0.967 bits per heavy atom. The van der Waals surface area contributed by atoms with Gasteiger partial charge in [0.1, 0.15) is 0 Å². The first-order valence-electron chi connectivity index (χ1n) is 9.33. The fourth-order valence-corrected chi connectivity index (χ4v) is 2.98.